The van der Waals surface area contributed by atoms with Crippen molar-refractivity contribution < 1.29 is 4.79 Å². The summed E-state index contributed by atoms with van der Waals surface area (Å²) in [4.78, 5) is 12.9. The van der Waals surface area contributed by atoms with E-state index in [-0.39, 0.29) is 21.7 Å². The summed E-state index contributed by atoms with van der Waals surface area (Å²) in [5.74, 6) is 1.72. The molecule has 0 aliphatic heterocycles. The molecule has 0 N–H and O–H groups in total. The lowest BCUT2D eigenvalue weighted by molar-refractivity contribution is -0.144. The van der Waals surface area contributed by atoms with E-state index in [1.165, 1.54) is 44.9 Å². The molecule has 1 nitrogen and oxygen atoms in total. The minimum Gasteiger partial charge on any atom is -0.299 e. The molecule has 0 aromatic heterocycles. The second-order valence-electron chi connectivity index (χ2n) is 14.6. The molecule has 6 atom stereocenters. The highest BCUT2D eigenvalue weighted by Crippen LogP contribution is 2.74. The van der Waals surface area contributed by atoms with Crippen LogP contribution in [0, 0.1) is 44.3 Å². The molecule has 5 aliphatic carbocycles. The summed E-state index contributed by atoms with van der Waals surface area (Å²) < 4.78 is 0. The number of carbonyl (C=O) groups excluding carboxylic acids is 1. The molecule has 0 spiro atoms. The molecule has 0 unspecified atom stereocenters. The Morgan fingerprint density at radius 2 is 1.45 bits per heavy atom. The van der Waals surface area contributed by atoms with Crippen molar-refractivity contribution in [1.29, 1.82) is 0 Å². The zero-order valence-electron chi connectivity index (χ0n) is 21.6. The summed E-state index contributed by atoms with van der Waals surface area (Å²) in [5.41, 5.74) is 4.93. The number of Topliss-reactive ketones (excluding diaryl/α,β-unsaturated/α-hetero) is 1. The van der Waals surface area contributed by atoms with Crippen LogP contribution in [0.2, 0.25) is 0 Å². The summed E-state index contributed by atoms with van der Waals surface area (Å²) in [6.07, 6.45) is 16.3. The number of fused-ring (bicyclic) bond motifs is 7. The molecule has 0 radical (unpaired) electrons. The standard InChI is InChI=1S/C30H46O/c1-25(2)15-16-27(5)17-18-29(7)20(21(27)19-25)9-10-23-28(6)13-12-24(31)26(3,4)22(28)11-14-30(23,29)8/h9-10,21-22H,11-19H2,1-8H3/t21-,22+,27-,28+,29-,30-/m1/s1. The van der Waals surface area contributed by atoms with Crippen LogP contribution in [0.25, 0.3) is 0 Å². The summed E-state index contributed by atoms with van der Waals surface area (Å²) in [7, 11) is 0. The summed E-state index contributed by atoms with van der Waals surface area (Å²) in [6, 6.07) is 0. The van der Waals surface area contributed by atoms with Crippen LogP contribution in [0.3, 0.4) is 0 Å². The van der Waals surface area contributed by atoms with Crippen LogP contribution >= 0.6 is 0 Å². The fourth-order valence-electron chi connectivity index (χ4n) is 9.62. The first-order valence-electron chi connectivity index (χ1n) is 13.2. The Kier molecular flexibility index (Phi) is 4.38. The Morgan fingerprint density at radius 3 is 2.16 bits per heavy atom. The molecule has 4 fully saturated rings. The molecule has 172 valence electrons. The van der Waals surface area contributed by atoms with Crippen molar-refractivity contribution in [3.63, 3.8) is 0 Å². The Labute approximate surface area is 191 Å². The Morgan fingerprint density at radius 1 is 0.774 bits per heavy atom. The van der Waals surface area contributed by atoms with Gasteiger partial charge in [-0.25, -0.2) is 0 Å². The van der Waals surface area contributed by atoms with Gasteiger partial charge in [-0.2, -0.15) is 0 Å². The average Bonchev–Trinajstić information content (AvgIpc) is 2.67. The topological polar surface area (TPSA) is 17.1 Å². The molecule has 5 rings (SSSR count). The minimum atomic E-state index is -0.182. The number of rotatable bonds is 0. The van der Waals surface area contributed by atoms with Crippen molar-refractivity contribution in [2.45, 2.75) is 113 Å². The lowest BCUT2D eigenvalue weighted by Gasteiger charge is -2.68. The number of hydrogen-bond acceptors (Lipinski definition) is 1. The first-order valence-corrected chi connectivity index (χ1v) is 13.2. The maximum atomic E-state index is 12.9. The molecule has 0 bridgehead atoms. The van der Waals surface area contributed by atoms with E-state index in [0.717, 1.165) is 18.8 Å². The van der Waals surface area contributed by atoms with Crippen LogP contribution in [0.4, 0.5) is 0 Å². The second kappa shape index (κ2) is 6.18. The average molecular weight is 423 g/mol. The van der Waals surface area contributed by atoms with Crippen molar-refractivity contribution >= 4 is 5.78 Å². The largest absolute Gasteiger partial charge is 0.299 e. The molecule has 0 heterocycles. The van der Waals surface area contributed by atoms with Gasteiger partial charge >= 0.3 is 0 Å². The van der Waals surface area contributed by atoms with Gasteiger partial charge in [-0.3, -0.25) is 4.79 Å². The van der Waals surface area contributed by atoms with Crippen molar-refractivity contribution in [2.24, 2.45) is 44.3 Å². The van der Waals surface area contributed by atoms with Crippen molar-refractivity contribution in [2.75, 3.05) is 0 Å². The number of carbonyl (C=O) groups is 1. The molecule has 1 heteroatoms. The molecule has 4 saturated carbocycles. The van der Waals surface area contributed by atoms with Crippen LogP contribution < -0.4 is 0 Å². The highest BCUT2D eigenvalue weighted by molar-refractivity contribution is 5.85. The predicted molar refractivity (Wildman–Crippen MR) is 130 cm³/mol. The molecule has 0 amide bonds. The maximum Gasteiger partial charge on any atom is 0.138 e. The van der Waals surface area contributed by atoms with Crippen LogP contribution in [0.5, 0.6) is 0 Å². The van der Waals surface area contributed by atoms with Gasteiger partial charge in [0.1, 0.15) is 5.78 Å². The fraction of sp³-hybridized carbons (Fsp3) is 0.833. The fourth-order valence-corrected chi connectivity index (χ4v) is 9.62. The molecule has 31 heavy (non-hydrogen) atoms. The van der Waals surface area contributed by atoms with E-state index >= 15 is 0 Å². The van der Waals surface area contributed by atoms with Crippen LogP contribution in [0.1, 0.15) is 113 Å². The highest BCUT2D eigenvalue weighted by atomic mass is 16.1. The van der Waals surface area contributed by atoms with E-state index < -0.39 is 0 Å². The number of ketones is 1. The highest BCUT2D eigenvalue weighted by Gasteiger charge is 2.65. The van der Waals surface area contributed by atoms with Gasteiger partial charge < -0.3 is 0 Å². The van der Waals surface area contributed by atoms with Gasteiger partial charge in [0.25, 0.3) is 0 Å². The summed E-state index contributed by atoms with van der Waals surface area (Å²) in [5, 5.41) is 0. The summed E-state index contributed by atoms with van der Waals surface area (Å²) >= 11 is 0. The SMILES string of the molecule is CC1(C)CC[C@]2(C)CC[C@]3(C)C(=CC=C4[C@@]5(C)CCC(=O)C(C)(C)[C@@H]5CC[C@]43C)[C@H]2C1. The van der Waals surface area contributed by atoms with Crippen molar-refractivity contribution in [3.05, 3.63) is 23.3 Å². The van der Waals surface area contributed by atoms with Crippen molar-refractivity contribution in [3.8, 4) is 0 Å². The molecule has 5 aliphatic rings. The third kappa shape index (κ3) is 2.64. The van der Waals surface area contributed by atoms with Gasteiger partial charge in [-0.15, -0.1) is 0 Å². The van der Waals surface area contributed by atoms with Crippen molar-refractivity contribution in [1.82, 2.24) is 0 Å². The van der Waals surface area contributed by atoms with E-state index in [4.69, 9.17) is 0 Å². The normalized spacial score (nSPS) is 50.3. The maximum absolute atomic E-state index is 12.9. The monoisotopic (exact) mass is 422 g/mol. The molecule has 0 saturated heterocycles. The lowest BCUT2D eigenvalue weighted by Crippen LogP contribution is -2.60. The van der Waals surface area contributed by atoms with Crippen LogP contribution in [0.15, 0.2) is 23.3 Å². The Balaban J connectivity index is 1.63. The molecular weight excluding hydrogens is 376 g/mol. The van der Waals surface area contributed by atoms with Gasteiger partial charge in [0.05, 0.1) is 0 Å². The quantitative estimate of drug-likeness (QED) is 0.383. The van der Waals surface area contributed by atoms with E-state index in [1.807, 2.05) is 0 Å². The third-order valence-electron chi connectivity index (χ3n) is 12.2. The number of hydrogen-bond donors (Lipinski definition) is 0. The summed E-state index contributed by atoms with van der Waals surface area (Å²) in [6.45, 7) is 19.8. The third-order valence-corrected chi connectivity index (χ3v) is 12.2. The predicted octanol–water partition coefficient (Wildman–Crippen LogP) is 8.30. The van der Waals surface area contributed by atoms with E-state index in [0.29, 0.717) is 22.5 Å². The van der Waals surface area contributed by atoms with Crippen LogP contribution in [-0.4, -0.2) is 5.78 Å². The van der Waals surface area contributed by atoms with Gasteiger partial charge in [0.2, 0.25) is 0 Å². The smallest absolute Gasteiger partial charge is 0.138 e. The zero-order chi connectivity index (χ0) is 22.7. The zero-order valence-corrected chi connectivity index (χ0v) is 21.6. The second-order valence-corrected chi connectivity index (χ2v) is 14.6. The molecular formula is C30H46O. The minimum absolute atomic E-state index is 0.169. The first-order chi connectivity index (χ1) is 14.2. The van der Waals surface area contributed by atoms with E-state index in [1.54, 1.807) is 11.1 Å². The number of allylic oxidation sites excluding steroid dienone is 4. The molecule has 0 aromatic carbocycles. The van der Waals surface area contributed by atoms with Gasteiger partial charge in [-0.05, 0) is 90.3 Å². The van der Waals surface area contributed by atoms with Gasteiger partial charge in [-0.1, -0.05) is 78.7 Å². The van der Waals surface area contributed by atoms with Gasteiger partial charge in [0, 0.05) is 11.8 Å². The van der Waals surface area contributed by atoms with E-state index in [2.05, 4.69) is 67.5 Å². The first kappa shape index (κ1) is 22.0. The van der Waals surface area contributed by atoms with Crippen LogP contribution in [-0.2, 0) is 4.79 Å². The Bertz CT molecular complexity index is 886. The molecule has 0 aromatic rings. The van der Waals surface area contributed by atoms with Gasteiger partial charge in [0.15, 0.2) is 0 Å². The van der Waals surface area contributed by atoms with E-state index in [9.17, 15) is 4.79 Å². The lowest BCUT2D eigenvalue weighted by atomic mass is 9.36. The Hall–Kier alpha value is -0.850.